The fourth-order valence-corrected chi connectivity index (χ4v) is 3.03. The smallest absolute Gasteiger partial charge is 0.227 e. The maximum atomic E-state index is 12.1. The number of carbonyl (C=O) groups excluding carboxylic acids is 1. The molecular weight excluding hydrogens is 232 g/mol. The van der Waals surface area contributed by atoms with Crippen molar-refractivity contribution < 1.29 is 4.79 Å². The van der Waals surface area contributed by atoms with Gasteiger partial charge in [-0.15, -0.1) is 0 Å². The van der Waals surface area contributed by atoms with Crippen LogP contribution < -0.4 is 5.73 Å². The summed E-state index contributed by atoms with van der Waals surface area (Å²) in [6, 6.07) is 7.59. The fourth-order valence-electron chi connectivity index (χ4n) is 2.01. The minimum absolute atomic E-state index is 0.190. The van der Waals surface area contributed by atoms with Crippen LogP contribution in [-0.4, -0.2) is 34.9 Å². The summed E-state index contributed by atoms with van der Waals surface area (Å²) in [4.78, 5) is 14.1. The molecule has 1 aliphatic rings. The zero-order valence-corrected chi connectivity index (χ0v) is 10.9. The van der Waals surface area contributed by atoms with Gasteiger partial charge in [-0.25, -0.2) is 0 Å². The summed E-state index contributed by atoms with van der Waals surface area (Å²) in [5, 5.41) is 0.542. The van der Waals surface area contributed by atoms with Gasteiger partial charge in [0.1, 0.15) is 0 Å². The van der Waals surface area contributed by atoms with Gasteiger partial charge in [0, 0.05) is 29.8 Å². The van der Waals surface area contributed by atoms with Crippen LogP contribution in [0.15, 0.2) is 24.3 Å². The molecule has 0 aromatic heterocycles. The molecule has 0 spiro atoms. The Bertz CT molecular complexity index is 408. The molecule has 1 amide bonds. The Kier molecular flexibility index (Phi) is 3.94. The Hall–Kier alpha value is -1.16. The molecule has 92 valence electrons. The predicted molar refractivity (Wildman–Crippen MR) is 73.1 cm³/mol. The molecule has 1 aromatic carbocycles. The molecule has 1 unspecified atom stereocenters. The normalized spacial score (nSPS) is 20.3. The number of hydrogen-bond acceptors (Lipinski definition) is 3. The fraction of sp³-hybridized carbons (Fsp3) is 0.462. The molecule has 1 aromatic rings. The number of rotatable bonds is 2. The number of amides is 1. The van der Waals surface area contributed by atoms with E-state index in [1.54, 1.807) is 0 Å². The maximum absolute atomic E-state index is 12.1. The van der Waals surface area contributed by atoms with Crippen molar-refractivity contribution in [3.63, 3.8) is 0 Å². The number of anilines is 1. The lowest BCUT2D eigenvalue weighted by Gasteiger charge is -2.30. The summed E-state index contributed by atoms with van der Waals surface area (Å²) in [5.74, 6) is 1.23. The molecule has 17 heavy (non-hydrogen) atoms. The van der Waals surface area contributed by atoms with Crippen molar-refractivity contribution in [2.24, 2.45) is 0 Å². The van der Waals surface area contributed by atoms with Crippen molar-refractivity contribution >= 4 is 23.4 Å². The number of carbonyl (C=O) groups is 1. The summed E-state index contributed by atoms with van der Waals surface area (Å²) >= 11 is 1.93. The highest BCUT2D eigenvalue weighted by Gasteiger charge is 2.21. The molecule has 1 aliphatic heterocycles. The van der Waals surface area contributed by atoms with E-state index in [1.807, 2.05) is 40.9 Å². The second kappa shape index (κ2) is 5.45. The maximum Gasteiger partial charge on any atom is 0.227 e. The largest absolute Gasteiger partial charge is 0.398 e. The van der Waals surface area contributed by atoms with Gasteiger partial charge in [-0.1, -0.05) is 25.1 Å². The zero-order chi connectivity index (χ0) is 12.3. The first-order chi connectivity index (χ1) is 8.16. The van der Waals surface area contributed by atoms with E-state index in [1.165, 1.54) is 0 Å². The number of benzene rings is 1. The molecule has 1 atom stereocenters. The van der Waals surface area contributed by atoms with Crippen LogP contribution in [0.3, 0.4) is 0 Å². The van der Waals surface area contributed by atoms with E-state index in [0.29, 0.717) is 17.4 Å². The van der Waals surface area contributed by atoms with Crippen LogP contribution >= 0.6 is 11.8 Å². The average molecular weight is 250 g/mol. The van der Waals surface area contributed by atoms with Gasteiger partial charge in [0.2, 0.25) is 5.91 Å². The minimum atomic E-state index is 0.190. The van der Waals surface area contributed by atoms with Crippen molar-refractivity contribution in [3.05, 3.63) is 29.8 Å². The van der Waals surface area contributed by atoms with Crippen LogP contribution in [0.1, 0.15) is 12.5 Å². The third-order valence-electron chi connectivity index (χ3n) is 2.99. The molecule has 2 N–H and O–H groups in total. The second-order valence-electron chi connectivity index (χ2n) is 4.40. The Morgan fingerprint density at radius 3 is 3.00 bits per heavy atom. The van der Waals surface area contributed by atoms with Gasteiger partial charge in [0.05, 0.1) is 6.42 Å². The third kappa shape index (κ3) is 3.16. The van der Waals surface area contributed by atoms with E-state index in [-0.39, 0.29) is 5.91 Å². The number of thioether (sulfide) groups is 1. The van der Waals surface area contributed by atoms with Crippen molar-refractivity contribution in [1.82, 2.24) is 4.90 Å². The van der Waals surface area contributed by atoms with Crippen LogP contribution in [0.5, 0.6) is 0 Å². The Labute approximate surface area is 106 Å². The molecule has 1 heterocycles. The van der Waals surface area contributed by atoms with E-state index in [0.717, 1.165) is 24.4 Å². The molecule has 1 saturated heterocycles. The topological polar surface area (TPSA) is 46.3 Å². The van der Waals surface area contributed by atoms with Crippen LogP contribution in [0.2, 0.25) is 0 Å². The van der Waals surface area contributed by atoms with Gasteiger partial charge in [0.15, 0.2) is 0 Å². The third-order valence-corrected chi connectivity index (χ3v) is 4.13. The van der Waals surface area contributed by atoms with E-state index in [2.05, 4.69) is 6.92 Å². The number of para-hydroxylation sites is 1. The summed E-state index contributed by atoms with van der Waals surface area (Å²) in [5.41, 5.74) is 7.49. The zero-order valence-electron chi connectivity index (χ0n) is 10.1. The lowest BCUT2D eigenvalue weighted by Crippen LogP contribution is -2.41. The van der Waals surface area contributed by atoms with E-state index >= 15 is 0 Å². The van der Waals surface area contributed by atoms with Crippen molar-refractivity contribution in [2.45, 2.75) is 18.6 Å². The Morgan fingerprint density at radius 2 is 2.29 bits per heavy atom. The Morgan fingerprint density at radius 1 is 1.53 bits per heavy atom. The quantitative estimate of drug-likeness (QED) is 0.814. The summed E-state index contributed by atoms with van der Waals surface area (Å²) in [6.45, 7) is 3.89. The molecular formula is C13H18N2OS. The van der Waals surface area contributed by atoms with Gasteiger partial charge < -0.3 is 10.6 Å². The molecule has 0 saturated carbocycles. The first-order valence-corrected chi connectivity index (χ1v) is 6.94. The van der Waals surface area contributed by atoms with Crippen molar-refractivity contribution in [1.29, 1.82) is 0 Å². The van der Waals surface area contributed by atoms with E-state index < -0.39 is 0 Å². The SMILES string of the molecule is CC1CN(C(=O)Cc2ccccc2N)CCS1. The van der Waals surface area contributed by atoms with Gasteiger partial charge in [-0.2, -0.15) is 11.8 Å². The number of nitrogens with zero attached hydrogens (tertiary/aromatic N) is 1. The molecule has 0 bridgehead atoms. The molecule has 2 rings (SSSR count). The van der Waals surface area contributed by atoms with Crippen LogP contribution in [-0.2, 0) is 11.2 Å². The molecule has 3 nitrogen and oxygen atoms in total. The Balaban J connectivity index is 1.99. The monoisotopic (exact) mass is 250 g/mol. The first kappa shape index (κ1) is 12.3. The van der Waals surface area contributed by atoms with Gasteiger partial charge in [-0.3, -0.25) is 4.79 Å². The van der Waals surface area contributed by atoms with Crippen molar-refractivity contribution in [3.8, 4) is 0 Å². The highest BCUT2D eigenvalue weighted by molar-refractivity contribution is 7.99. The highest BCUT2D eigenvalue weighted by Crippen LogP contribution is 2.19. The lowest BCUT2D eigenvalue weighted by molar-refractivity contribution is -0.130. The predicted octanol–water partition coefficient (Wildman–Crippen LogP) is 1.78. The molecule has 1 fully saturated rings. The summed E-state index contributed by atoms with van der Waals surface area (Å²) in [6.07, 6.45) is 0.421. The molecule has 0 radical (unpaired) electrons. The van der Waals surface area contributed by atoms with Crippen LogP contribution in [0.25, 0.3) is 0 Å². The van der Waals surface area contributed by atoms with Crippen molar-refractivity contribution in [2.75, 3.05) is 24.6 Å². The van der Waals surface area contributed by atoms with Crippen LogP contribution in [0, 0.1) is 0 Å². The van der Waals surface area contributed by atoms with Gasteiger partial charge in [0.25, 0.3) is 0 Å². The standard InChI is InChI=1S/C13H18N2OS/c1-10-9-15(6-7-17-10)13(16)8-11-4-2-3-5-12(11)14/h2-5,10H,6-9,14H2,1H3. The number of nitrogens with two attached hydrogens (primary N) is 1. The van der Waals surface area contributed by atoms with Gasteiger partial charge >= 0.3 is 0 Å². The minimum Gasteiger partial charge on any atom is -0.398 e. The average Bonchev–Trinajstić information content (AvgIpc) is 2.32. The summed E-state index contributed by atoms with van der Waals surface area (Å²) in [7, 11) is 0. The van der Waals surface area contributed by atoms with Crippen LogP contribution in [0.4, 0.5) is 5.69 Å². The summed E-state index contributed by atoms with van der Waals surface area (Å²) < 4.78 is 0. The highest BCUT2D eigenvalue weighted by atomic mass is 32.2. The second-order valence-corrected chi connectivity index (χ2v) is 5.94. The first-order valence-electron chi connectivity index (χ1n) is 5.89. The van der Waals surface area contributed by atoms with Gasteiger partial charge in [-0.05, 0) is 11.6 Å². The molecule has 4 heteroatoms. The number of nitrogen functional groups attached to an aromatic ring is 1. The van der Waals surface area contributed by atoms with E-state index in [9.17, 15) is 4.79 Å². The lowest BCUT2D eigenvalue weighted by atomic mass is 10.1. The molecule has 0 aliphatic carbocycles. The van der Waals surface area contributed by atoms with E-state index in [4.69, 9.17) is 5.73 Å². The number of hydrogen-bond donors (Lipinski definition) is 1.